The molecule has 1 amide bonds. The summed E-state index contributed by atoms with van der Waals surface area (Å²) >= 11 is 1.64. The van der Waals surface area contributed by atoms with Crippen molar-refractivity contribution in [1.82, 2.24) is 15.3 Å². The first-order valence-corrected chi connectivity index (χ1v) is 8.81. The van der Waals surface area contributed by atoms with Gasteiger partial charge in [0.2, 0.25) is 5.91 Å². The number of aromatic nitrogens is 2. The van der Waals surface area contributed by atoms with E-state index in [-0.39, 0.29) is 18.1 Å². The normalized spacial score (nSPS) is 10.6. The quantitative estimate of drug-likeness (QED) is 0.736. The molecule has 0 atom stereocenters. The number of hydrogen-bond acceptors (Lipinski definition) is 4. The van der Waals surface area contributed by atoms with E-state index in [0.717, 1.165) is 33.1 Å². The van der Waals surface area contributed by atoms with Gasteiger partial charge in [0.25, 0.3) is 0 Å². The predicted molar refractivity (Wildman–Crippen MR) is 96.9 cm³/mol. The third kappa shape index (κ3) is 4.70. The van der Waals surface area contributed by atoms with Gasteiger partial charge in [-0.15, -0.1) is 11.3 Å². The van der Waals surface area contributed by atoms with E-state index >= 15 is 0 Å². The number of carbonyl (C=O) groups excluding carboxylic acids is 1. The predicted octanol–water partition coefficient (Wildman–Crippen LogP) is 3.55. The lowest BCUT2D eigenvalue weighted by Crippen LogP contribution is -2.27. The van der Waals surface area contributed by atoms with Gasteiger partial charge in [0.1, 0.15) is 10.8 Å². The average molecular weight is 355 g/mol. The number of halogens is 1. The molecule has 0 unspecified atom stereocenters. The zero-order valence-corrected chi connectivity index (χ0v) is 14.6. The van der Waals surface area contributed by atoms with Crippen LogP contribution < -0.4 is 5.32 Å². The molecule has 0 saturated heterocycles. The second kappa shape index (κ2) is 7.98. The molecule has 3 aromatic rings. The maximum absolute atomic E-state index is 12.9. The third-order valence-electron chi connectivity index (χ3n) is 3.77. The Kier molecular flexibility index (Phi) is 5.50. The van der Waals surface area contributed by atoms with Gasteiger partial charge >= 0.3 is 0 Å². The first-order valence-electron chi connectivity index (χ1n) is 7.99. The number of pyridine rings is 1. The zero-order chi connectivity index (χ0) is 17.6. The molecular weight excluding hydrogens is 337 g/mol. The van der Waals surface area contributed by atoms with Crippen molar-refractivity contribution in [2.24, 2.45) is 0 Å². The number of nitrogens with zero attached hydrogens (tertiary/aromatic N) is 2. The van der Waals surface area contributed by atoms with Crippen LogP contribution in [0.5, 0.6) is 0 Å². The van der Waals surface area contributed by atoms with E-state index in [1.54, 1.807) is 35.9 Å². The molecule has 0 aliphatic rings. The summed E-state index contributed by atoms with van der Waals surface area (Å²) in [6.45, 7) is 2.54. The zero-order valence-electron chi connectivity index (χ0n) is 13.8. The van der Waals surface area contributed by atoms with Crippen LogP contribution in [0.1, 0.15) is 16.1 Å². The fraction of sp³-hybridized carbons (Fsp3) is 0.211. The van der Waals surface area contributed by atoms with Crippen molar-refractivity contribution in [2.45, 2.75) is 19.8 Å². The number of amides is 1. The summed E-state index contributed by atoms with van der Waals surface area (Å²) in [5.41, 5.74) is 2.84. The Morgan fingerprint density at radius 1 is 1.16 bits per heavy atom. The molecule has 1 aromatic carbocycles. The topological polar surface area (TPSA) is 54.9 Å². The summed E-state index contributed by atoms with van der Waals surface area (Å²) in [4.78, 5) is 21.8. The fourth-order valence-corrected chi connectivity index (χ4v) is 3.51. The van der Waals surface area contributed by atoms with Crippen LogP contribution in [0.15, 0.2) is 48.8 Å². The molecule has 3 rings (SSSR count). The van der Waals surface area contributed by atoms with Crippen molar-refractivity contribution in [3.63, 3.8) is 0 Å². The van der Waals surface area contributed by atoms with Gasteiger partial charge in [-0.2, -0.15) is 0 Å². The number of carbonyl (C=O) groups is 1. The average Bonchev–Trinajstić information content (AvgIpc) is 2.99. The molecule has 0 saturated carbocycles. The van der Waals surface area contributed by atoms with E-state index in [1.807, 2.05) is 19.1 Å². The number of nitrogens with one attached hydrogen (secondary N) is 1. The van der Waals surface area contributed by atoms with E-state index in [0.29, 0.717) is 6.54 Å². The molecule has 128 valence electrons. The second-order valence-corrected chi connectivity index (χ2v) is 6.75. The van der Waals surface area contributed by atoms with Crippen LogP contribution in [0, 0.1) is 12.7 Å². The van der Waals surface area contributed by atoms with Crippen LogP contribution in [0.25, 0.3) is 10.6 Å². The molecule has 0 bridgehead atoms. The second-order valence-electron chi connectivity index (χ2n) is 5.67. The van der Waals surface area contributed by atoms with Crippen LogP contribution in [0.3, 0.4) is 0 Å². The Balaban J connectivity index is 1.53. The summed E-state index contributed by atoms with van der Waals surface area (Å²) in [5.74, 6) is -0.363. The number of benzene rings is 1. The Morgan fingerprint density at radius 3 is 2.60 bits per heavy atom. The monoisotopic (exact) mass is 355 g/mol. The van der Waals surface area contributed by atoms with Gasteiger partial charge in [0.15, 0.2) is 0 Å². The highest BCUT2D eigenvalue weighted by atomic mass is 32.1. The van der Waals surface area contributed by atoms with Gasteiger partial charge in [-0.25, -0.2) is 9.37 Å². The van der Waals surface area contributed by atoms with E-state index in [2.05, 4.69) is 15.3 Å². The summed E-state index contributed by atoms with van der Waals surface area (Å²) < 4.78 is 12.9. The maximum Gasteiger partial charge on any atom is 0.224 e. The minimum atomic E-state index is -0.296. The van der Waals surface area contributed by atoms with Gasteiger partial charge in [0, 0.05) is 35.8 Å². The van der Waals surface area contributed by atoms with Crippen molar-refractivity contribution < 1.29 is 9.18 Å². The molecule has 0 aliphatic carbocycles. The van der Waals surface area contributed by atoms with Gasteiger partial charge in [0.05, 0.1) is 12.1 Å². The van der Waals surface area contributed by atoms with Crippen LogP contribution in [-0.4, -0.2) is 22.4 Å². The van der Waals surface area contributed by atoms with E-state index < -0.39 is 0 Å². The highest BCUT2D eigenvalue weighted by molar-refractivity contribution is 7.15. The van der Waals surface area contributed by atoms with Crippen LogP contribution in [0.4, 0.5) is 4.39 Å². The molecule has 0 aliphatic heterocycles. The highest BCUT2D eigenvalue weighted by Crippen LogP contribution is 2.27. The minimum absolute atomic E-state index is 0.0665. The number of aryl methyl sites for hydroxylation is 1. The van der Waals surface area contributed by atoms with Crippen molar-refractivity contribution in [2.75, 3.05) is 6.54 Å². The molecule has 6 heteroatoms. The molecule has 2 aromatic heterocycles. The number of thiazole rings is 1. The Morgan fingerprint density at radius 2 is 1.88 bits per heavy atom. The van der Waals surface area contributed by atoms with E-state index in [9.17, 15) is 9.18 Å². The van der Waals surface area contributed by atoms with E-state index in [4.69, 9.17) is 0 Å². The first kappa shape index (κ1) is 17.2. The summed E-state index contributed by atoms with van der Waals surface area (Å²) in [7, 11) is 0. The summed E-state index contributed by atoms with van der Waals surface area (Å²) in [6.07, 6.45) is 4.50. The lowest BCUT2D eigenvalue weighted by Gasteiger charge is -2.05. The summed E-state index contributed by atoms with van der Waals surface area (Å²) in [5, 5.41) is 3.87. The highest BCUT2D eigenvalue weighted by Gasteiger charge is 2.10. The molecular formula is C19H18FN3OS. The molecule has 0 spiro atoms. The van der Waals surface area contributed by atoms with Crippen LogP contribution in [-0.2, 0) is 17.6 Å². The summed E-state index contributed by atoms with van der Waals surface area (Å²) in [6, 6.07) is 9.86. The van der Waals surface area contributed by atoms with Crippen molar-refractivity contribution in [1.29, 1.82) is 0 Å². The van der Waals surface area contributed by atoms with Crippen molar-refractivity contribution in [3.8, 4) is 10.6 Å². The van der Waals surface area contributed by atoms with Crippen molar-refractivity contribution >= 4 is 17.2 Å². The third-order valence-corrected chi connectivity index (χ3v) is 5.04. The van der Waals surface area contributed by atoms with Gasteiger partial charge < -0.3 is 5.32 Å². The minimum Gasteiger partial charge on any atom is -0.355 e. The lowest BCUT2D eigenvalue weighted by atomic mass is 10.1. The van der Waals surface area contributed by atoms with E-state index in [1.165, 1.54) is 12.1 Å². The lowest BCUT2D eigenvalue weighted by molar-refractivity contribution is -0.120. The van der Waals surface area contributed by atoms with Gasteiger partial charge in [-0.1, -0.05) is 12.1 Å². The molecule has 4 nitrogen and oxygen atoms in total. The van der Waals surface area contributed by atoms with Gasteiger partial charge in [-0.3, -0.25) is 9.78 Å². The fourth-order valence-electron chi connectivity index (χ4n) is 2.44. The SMILES string of the molecule is Cc1nc(-c2ccncc2)sc1CCNC(=O)Cc1ccc(F)cc1. The molecule has 25 heavy (non-hydrogen) atoms. The molecule has 2 heterocycles. The standard InChI is InChI=1S/C19H18FN3OS/c1-13-17(25-19(23-13)15-6-9-21-10-7-15)8-11-22-18(24)12-14-2-4-16(20)5-3-14/h2-7,9-10H,8,11-12H2,1H3,(H,22,24). The smallest absolute Gasteiger partial charge is 0.224 e. The Hall–Kier alpha value is -2.60. The Bertz CT molecular complexity index is 847. The maximum atomic E-state index is 12.9. The van der Waals surface area contributed by atoms with Crippen molar-refractivity contribution in [3.05, 3.63) is 70.7 Å². The number of rotatable bonds is 6. The van der Waals surface area contributed by atoms with Crippen LogP contribution >= 0.6 is 11.3 Å². The number of hydrogen-bond donors (Lipinski definition) is 1. The molecule has 0 radical (unpaired) electrons. The molecule has 1 N–H and O–H groups in total. The largest absolute Gasteiger partial charge is 0.355 e. The molecule has 0 fully saturated rings. The Labute approximate surface area is 149 Å². The first-order chi connectivity index (χ1) is 12.1. The van der Waals surface area contributed by atoms with Gasteiger partial charge in [-0.05, 0) is 36.8 Å². The van der Waals surface area contributed by atoms with Crippen LogP contribution in [0.2, 0.25) is 0 Å².